The fourth-order valence-electron chi connectivity index (χ4n) is 0.245. The van der Waals surface area contributed by atoms with Crippen molar-refractivity contribution >= 4 is 0 Å². The molecule has 0 N–H and O–H groups in total. The molecule has 0 radical (unpaired) electrons. The average Bonchev–Trinajstić information content (AvgIpc) is 2.21. The molecule has 0 atom stereocenters. The molecule has 0 aliphatic heterocycles. The van der Waals surface area contributed by atoms with Crippen molar-refractivity contribution in [2.45, 2.75) is 6.42 Å². The summed E-state index contributed by atoms with van der Waals surface area (Å²) in [5, 5.41) is 0. The third-order valence-electron chi connectivity index (χ3n) is 0.605. The molecular weight excluding hydrogens is 76.1 g/mol. The summed E-state index contributed by atoms with van der Waals surface area (Å²) in [7, 11) is 0. The Bertz CT molecular complexity index is 92.1. The Labute approximate surface area is 36.9 Å². The lowest BCUT2D eigenvalue weighted by molar-refractivity contribution is 0.373. The summed E-state index contributed by atoms with van der Waals surface area (Å²) < 4.78 is 4.78. The molecule has 6 heavy (non-hydrogen) atoms. The molecule has 0 unspecified atom stereocenters. The van der Waals surface area contributed by atoms with Gasteiger partial charge >= 0.3 is 0 Å². The molecule has 0 saturated carbocycles. The molecule has 1 aliphatic rings. The smallest absolute Gasteiger partial charge is 0.103 e. The van der Waals surface area contributed by atoms with Gasteiger partial charge in [-0.2, -0.15) is 0 Å². The van der Waals surface area contributed by atoms with Crippen LogP contribution in [0.2, 0.25) is 0 Å². The van der Waals surface area contributed by atoms with Crippen molar-refractivity contribution in [2.75, 3.05) is 0 Å². The van der Waals surface area contributed by atoms with E-state index in [2.05, 4.69) is 6.58 Å². The summed E-state index contributed by atoms with van der Waals surface area (Å²) in [5.41, 5.74) is 0. The van der Waals surface area contributed by atoms with Gasteiger partial charge in [0.1, 0.15) is 5.76 Å². The van der Waals surface area contributed by atoms with Gasteiger partial charge in [0, 0.05) is 6.42 Å². The molecule has 0 heterocycles. The molecule has 32 valence electrons. The standard InChI is InChI=1S/C5H6O/c1-2-6-5-3-4-5/h2-3H,1,4H2. The zero-order chi connectivity index (χ0) is 4.41. The number of hydrogen-bond acceptors (Lipinski definition) is 1. The lowest BCUT2D eigenvalue weighted by Gasteiger charge is -1.82. The van der Waals surface area contributed by atoms with Gasteiger partial charge in [0.05, 0.1) is 6.26 Å². The van der Waals surface area contributed by atoms with Gasteiger partial charge in [0.15, 0.2) is 0 Å². The fourth-order valence-corrected chi connectivity index (χ4v) is 0.245. The van der Waals surface area contributed by atoms with Crippen LogP contribution in [0.5, 0.6) is 0 Å². The monoisotopic (exact) mass is 82.0 g/mol. The number of ether oxygens (including phenoxy) is 1. The van der Waals surface area contributed by atoms with E-state index in [0.717, 1.165) is 12.2 Å². The Kier molecular flexibility index (Phi) is 0.675. The summed E-state index contributed by atoms with van der Waals surface area (Å²) in [6.07, 6.45) is 4.46. The van der Waals surface area contributed by atoms with Crippen LogP contribution in [0.1, 0.15) is 6.42 Å². The second kappa shape index (κ2) is 1.17. The van der Waals surface area contributed by atoms with Gasteiger partial charge in [0.2, 0.25) is 0 Å². The summed E-state index contributed by atoms with van der Waals surface area (Å²) >= 11 is 0. The Balaban J connectivity index is 2.16. The van der Waals surface area contributed by atoms with Crippen LogP contribution in [-0.4, -0.2) is 0 Å². The maximum atomic E-state index is 4.78. The van der Waals surface area contributed by atoms with Crippen LogP contribution in [0.3, 0.4) is 0 Å². The van der Waals surface area contributed by atoms with Crippen molar-refractivity contribution in [1.82, 2.24) is 0 Å². The highest BCUT2D eigenvalue weighted by atomic mass is 16.5. The van der Waals surface area contributed by atoms with Crippen LogP contribution in [0.25, 0.3) is 0 Å². The minimum Gasteiger partial charge on any atom is -0.470 e. The van der Waals surface area contributed by atoms with Crippen molar-refractivity contribution in [3.63, 3.8) is 0 Å². The van der Waals surface area contributed by atoms with E-state index in [4.69, 9.17) is 4.74 Å². The first-order valence-corrected chi connectivity index (χ1v) is 1.90. The Hall–Kier alpha value is -0.720. The molecular formula is C5H6O. The number of hydrogen-bond donors (Lipinski definition) is 0. The quantitative estimate of drug-likeness (QED) is 0.458. The first kappa shape index (κ1) is 3.47. The molecule has 1 nitrogen and oxygen atoms in total. The lowest BCUT2D eigenvalue weighted by atomic mass is 10.8. The van der Waals surface area contributed by atoms with Crippen LogP contribution in [0.15, 0.2) is 24.7 Å². The van der Waals surface area contributed by atoms with Gasteiger partial charge in [-0.3, -0.25) is 0 Å². The van der Waals surface area contributed by atoms with E-state index in [1.54, 1.807) is 0 Å². The van der Waals surface area contributed by atoms with E-state index in [9.17, 15) is 0 Å². The van der Waals surface area contributed by atoms with Crippen LogP contribution < -0.4 is 0 Å². The van der Waals surface area contributed by atoms with Gasteiger partial charge in [0.25, 0.3) is 0 Å². The van der Waals surface area contributed by atoms with E-state index in [1.807, 2.05) is 6.08 Å². The minimum absolute atomic E-state index is 1.02. The van der Waals surface area contributed by atoms with E-state index in [0.29, 0.717) is 0 Å². The predicted molar refractivity (Wildman–Crippen MR) is 24.0 cm³/mol. The molecule has 0 aromatic rings. The van der Waals surface area contributed by atoms with Crippen LogP contribution in [0, 0.1) is 0 Å². The highest BCUT2D eigenvalue weighted by Crippen LogP contribution is 2.18. The molecule has 0 aromatic carbocycles. The third-order valence-corrected chi connectivity index (χ3v) is 0.605. The second-order valence-corrected chi connectivity index (χ2v) is 1.16. The molecule has 0 aromatic heterocycles. The lowest BCUT2D eigenvalue weighted by Crippen LogP contribution is -1.60. The zero-order valence-electron chi connectivity index (χ0n) is 3.48. The van der Waals surface area contributed by atoms with Crippen LogP contribution in [0.4, 0.5) is 0 Å². The van der Waals surface area contributed by atoms with Crippen LogP contribution >= 0.6 is 0 Å². The molecule has 0 fully saturated rings. The summed E-state index contributed by atoms with van der Waals surface area (Å²) in [4.78, 5) is 0. The maximum absolute atomic E-state index is 4.78. The first-order chi connectivity index (χ1) is 2.93. The maximum Gasteiger partial charge on any atom is 0.103 e. The normalized spacial score (nSPS) is 15.7. The van der Waals surface area contributed by atoms with Crippen molar-refractivity contribution in [2.24, 2.45) is 0 Å². The summed E-state index contributed by atoms with van der Waals surface area (Å²) in [6.45, 7) is 3.38. The molecule has 1 rings (SSSR count). The molecule has 0 saturated heterocycles. The molecule has 0 amide bonds. The van der Waals surface area contributed by atoms with E-state index in [1.165, 1.54) is 6.26 Å². The fraction of sp³-hybridized carbons (Fsp3) is 0.200. The van der Waals surface area contributed by atoms with Gasteiger partial charge < -0.3 is 4.74 Å². The SMILES string of the molecule is C=COC1=CC1. The van der Waals surface area contributed by atoms with Gasteiger partial charge in [-0.1, -0.05) is 6.58 Å². The summed E-state index contributed by atoms with van der Waals surface area (Å²) in [5.74, 6) is 1.05. The number of allylic oxidation sites excluding steroid dienone is 2. The van der Waals surface area contributed by atoms with E-state index >= 15 is 0 Å². The highest BCUT2D eigenvalue weighted by molar-refractivity contribution is 5.14. The van der Waals surface area contributed by atoms with E-state index < -0.39 is 0 Å². The molecule has 1 heteroatoms. The van der Waals surface area contributed by atoms with Crippen molar-refractivity contribution < 1.29 is 4.74 Å². The minimum atomic E-state index is 1.02. The third kappa shape index (κ3) is 0.612. The molecule has 0 spiro atoms. The number of rotatable bonds is 2. The topological polar surface area (TPSA) is 9.23 Å². The average molecular weight is 82.1 g/mol. The predicted octanol–water partition coefficient (Wildman–Crippen LogP) is 1.43. The Morgan fingerprint density at radius 3 is 2.83 bits per heavy atom. The van der Waals surface area contributed by atoms with Gasteiger partial charge in [-0.25, -0.2) is 0 Å². The van der Waals surface area contributed by atoms with Crippen molar-refractivity contribution in [3.05, 3.63) is 24.7 Å². The van der Waals surface area contributed by atoms with Gasteiger partial charge in [-0.05, 0) is 6.08 Å². The zero-order valence-corrected chi connectivity index (χ0v) is 3.48. The molecule has 1 aliphatic carbocycles. The summed E-state index contributed by atoms with van der Waals surface area (Å²) in [6, 6.07) is 0. The van der Waals surface area contributed by atoms with Crippen LogP contribution in [-0.2, 0) is 4.74 Å². The Morgan fingerprint density at radius 2 is 2.67 bits per heavy atom. The highest BCUT2D eigenvalue weighted by Gasteiger charge is 2.04. The van der Waals surface area contributed by atoms with Gasteiger partial charge in [-0.15, -0.1) is 0 Å². The first-order valence-electron chi connectivity index (χ1n) is 1.90. The largest absolute Gasteiger partial charge is 0.470 e. The molecule has 0 bridgehead atoms. The van der Waals surface area contributed by atoms with Crippen molar-refractivity contribution in [3.8, 4) is 0 Å². The van der Waals surface area contributed by atoms with E-state index in [-0.39, 0.29) is 0 Å². The van der Waals surface area contributed by atoms with Crippen molar-refractivity contribution in [1.29, 1.82) is 0 Å². The Morgan fingerprint density at radius 1 is 2.00 bits per heavy atom. The second-order valence-electron chi connectivity index (χ2n) is 1.16.